The van der Waals surface area contributed by atoms with Crippen molar-refractivity contribution in [3.05, 3.63) is 52.4 Å². The normalized spacial score (nSPS) is 10.9. The summed E-state index contributed by atoms with van der Waals surface area (Å²) in [5.74, 6) is 1.78. The lowest BCUT2D eigenvalue weighted by atomic mass is 10.2. The molecule has 0 aliphatic rings. The van der Waals surface area contributed by atoms with Crippen molar-refractivity contribution in [3.8, 4) is 5.75 Å². The van der Waals surface area contributed by atoms with Gasteiger partial charge in [-0.15, -0.1) is 0 Å². The third kappa shape index (κ3) is 2.99. The third-order valence-electron chi connectivity index (χ3n) is 2.95. The van der Waals surface area contributed by atoms with Crippen LogP contribution >= 0.6 is 15.9 Å². The van der Waals surface area contributed by atoms with Gasteiger partial charge in [-0.3, -0.25) is 0 Å². The standard InChI is InChI=1S/C15H14BrN3O/c1-10-3-2-4-12(7-10)20-6-5-14-18-13-8-11(16)9-17-15(13)19-14/h2-4,7-9H,5-6H2,1H3,(H,17,18,19). The van der Waals surface area contributed by atoms with E-state index in [0.717, 1.165) is 33.6 Å². The number of halogens is 1. The number of fused-ring (bicyclic) bond motifs is 1. The van der Waals surface area contributed by atoms with Crippen LogP contribution in [0, 0.1) is 6.92 Å². The Hall–Kier alpha value is -1.88. The smallest absolute Gasteiger partial charge is 0.177 e. The van der Waals surface area contributed by atoms with Gasteiger partial charge in [-0.2, -0.15) is 0 Å². The van der Waals surface area contributed by atoms with E-state index in [1.54, 1.807) is 6.20 Å². The summed E-state index contributed by atoms with van der Waals surface area (Å²) in [6.07, 6.45) is 2.47. The van der Waals surface area contributed by atoms with E-state index in [4.69, 9.17) is 4.74 Å². The Bertz CT molecular complexity index is 739. The monoisotopic (exact) mass is 331 g/mol. The number of hydrogen-bond acceptors (Lipinski definition) is 3. The van der Waals surface area contributed by atoms with Crippen LogP contribution in [0.5, 0.6) is 5.75 Å². The van der Waals surface area contributed by atoms with Crippen LogP contribution in [0.2, 0.25) is 0 Å². The number of hydrogen-bond donors (Lipinski definition) is 1. The Morgan fingerprint density at radius 2 is 2.20 bits per heavy atom. The predicted octanol–water partition coefficient (Wildman–Crippen LogP) is 3.65. The van der Waals surface area contributed by atoms with Gasteiger partial charge in [-0.25, -0.2) is 9.97 Å². The van der Waals surface area contributed by atoms with E-state index < -0.39 is 0 Å². The van der Waals surface area contributed by atoms with Crippen LogP contribution in [-0.2, 0) is 6.42 Å². The highest BCUT2D eigenvalue weighted by molar-refractivity contribution is 9.10. The molecule has 5 heteroatoms. The van der Waals surface area contributed by atoms with Crippen LogP contribution in [0.3, 0.4) is 0 Å². The highest BCUT2D eigenvalue weighted by atomic mass is 79.9. The number of rotatable bonds is 4. The quantitative estimate of drug-likeness (QED) is 0.793. The second kappa shape index (κ2) is 5.63. The number of nitrogens with one attached hydrogen (secondary N) is 1. The molecule has 0 unspecified atom stereocenters. The molecule has 3 aromatic rings. The fourth-order valence-electron chi connectivity index (χ4n) is 2.01. The number of aryl methyl sites for hydroxylation is 1. The number of aromatic amines is 1. The van der Waals surface area contributed by atoms with Gasteiger partial charge in [0.25, 0.3) is 0 Å². The molecule has 0 radical (unpaired) electrons. The van der Waals surface area contributed by atoms with Crippen LogP contribution in [0.4, 0.5) is 0 Å². The molecular weight excluding hydrogens is 318 g/mol. The van der Waals surface area contributed by atoms with E-state index in [1.807, 2.05) is 24.3 Å². The molecule has 0 bridgehead atoms. The number of H-pyrrole nitrogens is 1. The molecule has 1 aromatic carbocycles. The SMILES string of the molecule is Cc1cccc(OCCc2nc3ncc(Br)cc3[nH]2)c1. The molecule has 0 fully saturated rings. The lowest BCUT2D eigenvalue weighted by Gasteiger charge is -2.05. The summed E-state index contributed by atoms with van der Waals surface area (Å²) in [7, 11) is 0. The zero-order valence-electron chi connectivity index (χ0n) is 11.1. The summed E-state index contributed by atoms with van der Waals surface area (Å²) in [6.45, 7) is 2.64. The van der Waals surface area contributed by atoms with Gasteiger partial charge in [0.05, 0.1) is 12.1 Å². The van der Waals surface area contributed by atoms with Gasteiger partial charge in [0, 0.05) is 17.1 Å². The van der Waals surface area contributed by atoms with E-state index >= 15 is 0 Å². The van der Waals surface area contributed by atoms with Gasteiger partial charge < -0.3 is 9.72 Å². The summed E-state index contributed by atoms with van der Waals surface area (Å²) < 4.78 is 6.66. The van der Waals surface area contributed by atoms with E-state index in [1.165, 1.54) is 5.56 Å². The molecule has 0 saturated carbocycles. The summed E-state index contributed by atoms with van der Waals surface area (Å²) in [4.78, 5) is 11.9. The van der Waals surface area contributed by atoms with E-state index in [-0.39, 0.29) is 0 Å². The minimum Gasteiger partial charge on any atom is -0.493 e. The summed E-state index contributed by atoms with van der Waals surface area (Å²) in [6, 6.07) is 10.0. The fraction of sp³-hybridized carbons (Fsp3) is 0.200. The molecule has 102 valence electrons. The summed E-state index contributed by atoms with van der Waals surface area (Å²) in [5, 5.41) is 0. The van der Waals surface area contributed by atoms with Crippen LogP contribution < -0.4 is 4.74 Å². The molecule has 0 amide bonds. The van der Waals surface area contributed by atoms with E-state index in [9.17, 15) is 0 Å². The average Bonchev–Trinajstić information content (AvgIpc) is 2.80. The van der Waals surface area contributed by atoms with Crippen molar-refractivity contribution < 1.29 is 4.74 Å². The Kier molecular flexibility index (Phi) is 3.69. The molecule has 20 heavy (non-hydrogen) atoms. The minimum atomic E-state index is 0.588. The second-order valence-corrected chi connectivity index (χ2v) is 5.54. The molecule has 4 nitrogen and oxygen atoms in total. The molecule has 3 rings (SSSR count). The third-order valence-corrected chi connectivity index (χ3v) is 3.38. The average molecular weight is 332 g/mol. The van der Waals surface area contributed by atoms with E-state index in [2.05, 4.69) is 43.9 Å². The molecule has 0 aliphatic heterocycles. The maximum Gasteiger partial charge on any atom is 0.177 e. The van der Waals surface area contributed by atoms with Crippen molar-refractivity contribution in [1.82, 2.24) is 15.0 Å². The zero-order chi connectivity index (χ0) is 13.9. The molecule has 0 saturated heterocycles. The highest BCUT2D eigenvalue weighted by Gasteiger charge is 2.04. The molecule has 2 heterocycles. The number of ether oxygens (including phenoxy) is 1. The number of nitrogens with zero attached hydrogens (tertiary/aromatic N) is 2. The molecule has 1 N–H and O–H groups in total. The molecular formula is C15H14BrN3O. The lowest BCUT2D eigenvalue weighted by molar-refractivity contribution is 0.319. The lowest BCUT2D eigenvalue weighted by Crippen LogP contribution is -2.02. The minimum absolute atomic E-state index is 0.588. The Morgan fingerprint density at radius 1 is 1.30 bits per heavy atom. The summed E-state index contributed by atoms with van der Waals surface area (Å²) >= 11 is 3.40. The largest absolute Gasteiger partial charge is 0.493 e. The van der Waals surface area contributed by atoms with Crippen molar-refractivity contribution in [2.75, 3.05) is 6.61 Å². The number of pyridine rings is 1. The fourth-order valence-corrected chi connectivity index (χ4v) is 2.34. The first kappa shape index (κ1) is 13.1. The highest BCUT2D eigenvalue weighted by Crippen LogP contribution is 2.16. The van der Waals surface area contributed by atoms with Crippen molar-refractivity contribution in [1.29, 1.82) is 0 Å². The van der Waals surface area contributed by atoms with Crippen molar-refractivity contribution in [2.45, 2.75) is 13.3 Å². The van der Waals surface area contributed by atoms with Crippen LogP contribution in [0.1, 0.15) is 11.4 Å². The predicted molar refractivity (Wildman–Crippen MR) is 82.0 cm³/mol. The maximum absolute atomic E-state index is 5.72. The van der Waals surface area contributed by atoms with Gasteiger partial charge >= 0.3 is 0 Å². The Morgan fingerprint density at radius 3 is 3.05 bits per heavy atom. The van der Waals surface area contributed by atoms with Gasteiger partial charge in [0.1, 0.15) is 11.6 Å². The van der Waals surface area contributed by atoms with Gasteiger partial charge in [-0.05, 0) is 46.6 Å². The number of imidazole rings is 1. The Balaban J connectivity index is 1.65. The topological polar surface area (TPSA) is 50.8 Å². The van der Waals surface area contributed by atoms with Gasteiger partial charge in [-0.1, -0.05) is 12.1 Å². The first-order chi connectivity index (χ1) is 9.70. The van der Waals surface area contributed by atoms with Gasteiger partial charge in [0.15, 0.2) is 5.65 Å². The molecule has 0 atom stereocenters. The van der Waals surface area contributed by atoms with Crippen LogP contribution in [0.15, 0.2) is 41.0 Å². The van der Waals surface area contributed by atoms with Crippen molar-refractivity contribution >= 4 is 27.1 Å². The molecule has 0 aliphatic carbocycles. The maximum atomic E-state index is 5.72. The molecule has 2 aromatic heterocycles. The second-order valence-electron chi connectivity index (χ2n) is 4.62. The number of benzene rings is 1. The first-order valence-corrected chi connectivity index (χ1v) is 7.19. The number of aromatic nitrogens is 3. The zero-order valence-corrected chi connectivity index (χ0v) is 12.6. The van der Waals surface area contributed by atoms with Crippen LogP contribution in [-0.4, -0.2) is 21.6 Å². The van der Waals surface area contributed by atoms with E-state index in [0.29, 0.717) is 6.61 Å². The van der Waals surface area contributed by atoms with Crippen molar-refractivity contribution in [3.63, 3.8) is 0 Å². The van der Waals surface area contributed by atoms with Crippen molar-refractivity contribution in [2.24, 2.45) is 0 Å². The molecule has 0 spiro atoms. The summed E-state index contributed by atoms with van der Waals surface area (Å²) in [5.41, 5.74) is 2.86. The van der Waals surface area contributed by atoms with Gasteiger partial charge in [0.2, 0.25) is 0 Å². The van der Waals surface area contributed by atoms with Crippen LogP contribution in [0.25, 0.3) is 11.2 Å². The first-order valence-electron chi connectivity index (χ1n) is 6.40. The Labute approximate surface area is 125 Å².